The van der Waals surface area contributed by atoms with Crippen molar-refractivity contribution < 1.29 is 19.3 Å². The van der Waals surface area contributed by atoms with E-state index in [0.29, 0.717) is 10.6 Å². The van der Waals surface area contributed by atoms with Crippen LogP contribution in [0.15, 0.2) is 53.7 Å². The van der Waals surface area contributed by atoms with Crippen LogP contribution < -0.4 is 10.5 Å². The summed E-state index contributed by atoms with van der Waals surface area (Å²) in [5.41, 5.74) is 6.02. The van der Waals surface area contributed by atoms with Crippen molar-refractivity contribution in [2.24, 2.45) is 10.9 Å². The van der Waals surface area contributed by atoms with Gasteiger partial charge in [0.25, 0.3) is 5.69 Å². The molecule has 0 amide bonds. The minimum atomic E-state index is -1.13. The lowest BCUT2D eigenvalue weighted by Crippen LogP contribution is -2.16. The Labute approximate surface area is 135 Å². The van der Waals surface area contributed by atoms with Crippen LogP contribution in [0.4, 0.5) is 10.5 Å². The van der Waals surface area contributed by atoms with Crippen LogP contribution in [0, 0.1) is 10.1 Å². The van der Waals surface area contributed by atoms with Gasteiger partial charge in [0.1, 0.15) is 5.75 Å². The molecule has 0 bridgehead atoms. The number of halogens is 1. The number of amidine groups is 1. The summed E-state index contributed by atoms with van der Waals surface area (Å²) in [6, 6.07) is 11.3. The zero-order chi connectivity index (χ0) is 16.8. The molecule has 0 atom stereocenters. The number of rotatable bonds is 4. The summed E-state index contributed by atoms with van der Waals surface area (Å²) in [7, 11) is 0. The maximum absolute atomic E-state index is 11.5. The molecule has 0 aliphatic heterocycles. The van der Waals surface area contributed by atoms with Crippen molar-refractivity contribution in [1.82, 2.24) is 0 Å². The average Bonchev–Trinajstić information content (AvgIpc) is 2.54. The first-order valence-electron chi connectivity index (χ1n) is 6.18. The van der Waals surface area contributed by atoms with Gasteiger partial charge in [0, 0.05) is 22.7 Å². The summed E-state index contributed by atoms with van der Waals surface area (Å²) < 4.78 is 4.79. The van der Waals surface area contributed by atoms with Crippen LogP contribution >= 0.6 is 11.6 Å². The van der Waals surface area contributed by atoms with Crippen LogP contribution in [0.2, 0.25) is 5.02 Å². The molecule has 0 radical (unpaired) electrons. The molecule has 2 N–H and O–H groups in total. The number of oxime groups is 1. The molecule has 0 saturated heterocycles. The second-order valence-corrected chi connectivity index (χ2v) is 4.61. The Kier molecular flexibility index (Phi) is 5.11. The third-order valence-electron chi connectivity index (χ3n) is 2.61. The largest absolute Gasteiger partial charge is 0.540 e. The van der Waals surface area contributed by atoms with Crippen LogP contribution in [0.1, 0.15) is 5.56 Å². The predicted octanol–water partition coefficient (Wildman–Crippen LogP) is 3.08. The molecule has 118 valence electrons. The van der Waals surface area contributed by atoms with E-state index in [4.69, 9.17) is 22.1 Å². The van der Waals surface area contributed by atoms with Crippen LogP contribution in [-0.4, -0.2) is 16.9 Å². The quantitative estimate of drug-likeness (QED) is 0.174. The van der Waals surface area contributed by atoms with E-state index in [1.807, 2.05) is 0 Å². The lowest BCUT2D eigenvalue weighted by Gasteiger charge is -2.03. The fourth-order valence-electron chi connectivity index (χ4n) is 1.51. The van der Waals surface area contributed by atoms with E-state index < -0.39 is 11.1 Å². The molecule has 0 heterocycles. The van der Waals surface area contributed by atoms with Gasteiger partial charge in [-0.1, -0.05) is 16.8 Å². The summed E-state index contributed by atoms with van der Waals surface area (Å²) in [5, 5.41) is 14.5. The van der Waals surface area contributed by atoms with Crippen LogP contribution in [-0.2, 0) is 4.84 Å². The van der Waals surface area contributed by atoms with Gasteiger partial charge in [-0.05, 0) is 36.4 Å². The van der Waals surface area contributed by atoms with Crippen molar-refractivity contribution in [3.63, 3.8) is 0 Å². The van der Waals surface area contributed by atoms with Crippen LogP contribution in [0.5, 0.6) is 5.75 Å². The fraction of sp³-hybridized carbons (Fsp3) is 0. The highest BCUT2D eigenvalue weighted by molar-refractivity contribution is 6.30. The van der Waals surface area contributed by atoms with E-state index in [0.717, 1.165) is 0 Å². The van der Waals surface area contributed by atoms with Crippen molar-refractivity contribution in [3.05, 3.63) is 69.2 Å². The minimum absolute atomic E-state index is 0.0395. The SMILES string of the molecule is N/C(=N\OC(=O)Oc1ccc([N+](=O)[O-])cc1)c1ccc(Cl)cc1. The van der Waals surface area contributed by atoms with Crippen molar-refractivity contribution in [2.75, 3.05) is 0 Å². The number of nitro benzene ring substituents is 1. The predicted molar refractivity (Wildman–Crippen MR) is 82.4 cm³/mol. The van der Waals surface area contributed by atoms with Gasteiger partial charge in [-0.2, -0.15) is 0 Å². The number of non-ortho nitro benzene ring substituents is 1. The molecule has 8 nitrogen and oxygen atoms in total. The van der Waals surface area contributed by atoms with E-state index in [9.17, 15) is 14.9 Å². The third-order valence-corrected chi connectivity index (χ3v) is 2.86. The normalized spacial score (nSPS) is 10.9. The first-order chi connectivity index (χ1) is 11.0. The Hall–Kier alpha value is -3.13. The molecule has 0 spiro atoms. The lowest BCUT2D eigenvalue weighted by atomic mass is 10.2. The number of hydrogen-bond donors (Lipinski definition) is 1. The number of nitro groups is 1. The highest BCUT2D eigenvalue weighted by Gasteiger charge is 2.10. The summed E-state index contributed by atoms with van der Waals surface area (Å²) in [5.74, 6) is 0.0307. The van der Waals surface area contributed by atoms with Gasteiger partial charge in [0.05, 0.1) is 4.92 Å². The van der Waals surface area contributed by atoms with Crippen molar-refractivity contribution in [1.29, 1.82) is 0 Å². The van der Waals surface area contributed by atoms with Crippen molar-refractivity contribution in [2.45, 2.75) is 0 Å². The molecule has 0 aliphatic carbocycles. The minimum Gasteiger partial charge on any atom is -0.393 e. The van der Waals surface area contributed by atoms with Gasteiger partial charge in [-0.15, -0.1) is 0 Å². The zero-order valence-corrected chi connectivity index (χ0v) is 12.3. The Balaban J connectivity index is 1.95. The zero-order valence-electron chi connectivity index (χ0n) is 11.5. The monoisotopic (exact) mass is 335 g/mol. The Morgan fingerprint density at radius 2 is 1.74 bits per heavy atom. The fourth-order valence-corrected chi connectivity index (χ4v) is 1.64. The number of carbonyl (C=O) groups is 1. The van der Waals surface area contributed by atoms with Gasteiger partial charge in [-0.25, -0.2) is 4.79 Å². The van der Waals surface area contributed by atoms with Crippen LogP contribution in [0.25, 0.3) is 0 Å². The lowest BCUT2D eigenvalue weighted by molar-refractivity contribution is -0.384. The number of nitrogens with two attached hydrogens (primary N) is 1. The first kappa shape index (κ1) is 16.2. The van der Waals surface area contributed by atoms with Gasteiger partial charge in [0.2, 0.25) is 0 Å². The van der Waals surface area contributed by atoms with E-state index in [1.54, 1.807) is 24.3 Å². The van der Waals surface area contributed by atoms with Gasteiger partial charge < -0.3 is 10.5 Å². The van der Waals surface area contributed by atoms with Crippen molar-refractivity contribution >= 4 is 29.3 Å². The molecular formula is C14H10ClN3O5. The standard InChI is InChI=1S/C14H10ClN3O5/c15-10-3-1-9(2-4-10)13(16)17-23-14(19)22-12-7-5-11(6-8-12)18(20)21/h1-8H,(H2,16,17). The third kappa shape index (κ3) is 4.68. The number of benzene rings is 2. The molecule has 0 fully saturated rings. The van der Waals surface area contributed by atoms with Gasteiger partial charge >= 0.3 is 6.16 Å². The maximum Gasteiger partial charge on any atom is 0.540 e. The topological polar surface area (TPSA) is 117 Å². The van der Waals surface area contributed by atoms with E-state index in [2.05, 4.69) is 9.99 Å². The molecule has 2 rings (SSSR count). The summed E-state index contributed by atoms with van der Waals surface area (Å²) >= 11 is 5.74. The molecule has 2 aromatic carbocycles. The molecule has 0 unspecified atom stereocenters. The summed E-state index contributed by atoms with van der Waals surface area (Å²) in [4.78, 5) is 25.9. The molecule has 0 aliphatic rings. The van der Waals surface area contributed by atoms with E-state index in [1.165, 1.54) is 24.3 Å². The highest BCUT2D eigenvalue weighted by atomic mass is 35.5. The highest BCUT2D eigenvalue weighted by Crippen LogP contribution is 2.17. The Bertz CT molecular complexity index is 744. The number of carbonyl (C=O) groups excluding carboxylic acids is 1. The maximum atomic E-state index is 11.5. The molecule has 9 heteroatoms. The van der Waals surface area contributed by atoms with Crippen LogP contribution in [0.3, 0.4) is 0 Å². The number of ether oxygens (including phenoxy) is 1. The molecule has 2 aromatic rings. The Morgan fingerprint density at radius 1 is 1.13 bits per heavy atom. The number of nitrogens with zero attached hydrogens (tertiary/aromatic N) is 2. The van der Waals surface area contributed by atoms with E-state index >= 15 is 0 Å². The second-order valence-electron chi connectivity index (χ2n) is 4.18. The molecular weight excluding hydrogens is 326 g/mol. The summed E-state index contributed by atoms with van der Waals surface area (Å²) in [6.45, 7) is 0. The molecule has 0 aromatic heterocycles. The van der Waals surface area contributed by atoms with Gasteiger partial charge in [-0.3, -0.25) is 15.0 Å². The molecule has 23 heavy (non-hydrogen) atoms. The first-order valence-corrected chi connectivity index (χ1v) is 6.56. The molecule has 0 saturated carbocycles. The van der Waals surface area contributed by atoms with E-state index in [-0.39, 0.29) is 17.3 Å². The number of hydrogen-bond acceptors (Lipinski definition) is 6. The van der Waals surface area contributed by atoms with Gasteiger partial charge in [0.15, 0.2) is 5.84 Å². The second kappa shape index (κ2) is 7.23. The average molecular weight is 336 g/mol. The summed E-state index contributed by atoms with van der Waals surface area (Å²) in [6.07, 6.45) is -1.13. The van der Waals surface area contributed by atoms with Crippen molar-refractivity contribution in [3.8, 4) is 5.75 Å². The smallest absolute Gasteiger partial charge is 0.393 e. The Morgan fingerprint density at radius 3 is 2.30 bits per heavy atom.